The van der Waals surface area contributed by atoms with E-state index in [1.54, 1.807) is 0 Å². The second-order valence-electron chi connectivity index (χ2n) is 6.56. The third kappa shape index (κ3) is 1.64. The van der Waals surface area contributed by atoms with Gasteiger partial charge in [0.15, 0.2) is 4.77 Å². The van der Waals surface area contributed by atoms with Gasteiger partial charge in [0, 0.05) is 12.2 Å². The largest absolute Gasteiger partial charge is 0.337 e. The normalized spacial score (nSPS) is 20.4. The molecule has 0 bridgehead atoms. The van der Waals surface area contributed by atoms with Gasteiger partial charge in [-0.1, -0.05) is 58.0 Å². The highest BCUT2D eigenvalue weighted by atomic mass is 32.1. The summed E-state index contributed by atoms with van der Waals surface area (Å²) in [5, 5.41) is 0. The van der Waals surface area contributed by atoms with E-state index in [1.807, 2.05) is 12.3 Å². The highest BCUT2D eigenvalue weighted by molar-refractivity contribution is 7.71. The van der Waals surface area contributed by atoms with E-state index >= 15 is 0 Å². The molecule has 0 aliphatic heterocycles. The number of aromatic amines is 1. The molecule has 1 aromatic heterocycles. The molecule has 1 N–H and O–H groups in total. The van der Waals surface area contributed by atoms with E-state index in [-0.39, 0.29) is 10.8 Å². The van der Waals surface area contributed by atoms with Gasteiger partial charge in [-0.3, -0.25) is 0 Å². The van der Waals surface area contributed by atoms with Crippen LogP contribution in [-0.2, 0) is 0 Å². The lowest BCUT2D eigenvalue weighted by Gasteiger charge is -2.10. The molecule has 19 heavy (non-hydrogen) atoms. The first kappa shape index (κ1) is 12.7. The first-order valence-corrected chi connectivity index (χ1v) is 7.13. The molecular weight excluding hydrogens is 252 g/mol. The minimum Gasteiger partial charge on any atom is -0.337 e. The van der Waals surface area contributed by atoms with Crippen molar-refractivity contribution in [1.82, 2.24) is 9.55 Å². The molecule has 0 spiro atoms. The van der Waals surface area contributed by atoms with Gasteiger partial charge in [0.05, 0.1) is 5.69 Å². The number of aromatic nitrogens is 2. The lowest BCUT2D eigenvalue weighted by atomic mass is 10.0. The molecule has 0 amide bonds. The number of imidazole rings is 1. The van der Waals surface area contributed by atoms with Crippen LogP contribution in [0, 0.1) is 15.6 Å². The fourth-order valence-corrected chi connectivity index (χ4v) is 3.54. The molecule has 0 atom stereocenters. The number of rotatable bonds is 2. The summed E-state index contributed by atoms with van der Waals surface area (Å²) in [6.07, 6.45) is 2.03. The average molecular weight is 272 g/mol. The van der Waals surface area contributed by atoms with Crippen LogP contribution in [0.1, 0.15) is 33.7 Å². The predicted molar refractivity (Wildman–Crippen MR) is 81.7 cm³/mol. The summed E-state index contributed by atoms with van der Waals surface area (Å²) in [4.78, 5) is 3.21. The Labute approximate surface area is 119 Å². The average Bonchev–Trinajstić information content (AvgIpc) is 2.64. The van der Waals surface area contributed by atoms with E-state index in [0.29, 0.717) is 6.04 Å². The fourth-order valence-electron chi connectivity index (χ4n) is 3.27. The van der Waals surface area contributed by atoms with Gasteiger partial charge in [-0.15, -0.1) is 0 Å². The van der Waals surface area contributed by atoms with Gasteiger partial charge in [-0.25, -0.2) is 0 Å². The maximum absolute atomic E-state index is 5.50. The lowest BCUT2D eigenvalue weighted by molar-refractivity contribution is 0.457. The van der Waals surface area contributed by atoms with Crippen LogP contribution in [0.15, 0.2) is 36.5 Å². The fraction of sp³-hybridized carbons (Fsp3) is 0.438. The number of H-pyrrole nitrogens is 1. The number of hydrogen-bond acceptors (Lipinski definition) is 1. The van der Waals surface area contributed by atoms with Gasteiger partial charge in [0.25, 0.3) is 0 Å². The van der Waals surface area contributed by atoms with E-state index in [4.69, 9.17) is 12.2 Å². The van der Waals surface area contributed by atoms with E-state index in [0.717, 1.165) is 4.77 Å². The zero-order chi connectivity index (χ0) is 13.8. The van der Waals surface area contributed by atoms with E-state index < -0.39 is 0 Å². The van der Waals surface area contributed by atoms with Crippen molar-refractivity contribution < 1.29 is 0 Å². The van der Waals surface area contributed by atoms with Gasteiger partial charge < -0.3 is 9.55 Å². The van der Waals surface area contributed by atoms with E-state index in [1.165, 1.54) is 11.3 Å². The Balaban J connectivity index is 2.15. The highest BCUT2D eigenvalue weighted by Crippen LogP contribution is 2.71. The molecule has 3 rings (SSSR count). The predicted octanol–water partition coefficient (Wildman–Crippen LogP) is 4.82. The Bertz CT molecular complexity index is 648. The van der Waals surface area contributed by atoms with E-state index in [2.05, 4.69) is 61.5 Å². The van der Waals surface area contributed by atoms with Crippen LogP contribution in [-0.4, -0.2) is 9.55 Å². The van der Waals surface area contributed by atoms with Crippen LogP contribution >= 0.6 is 12.2 Å². The number of benzene rings is 1. The van der Waals surface area contributed by atoms with Crippen LogP contribution in [0.3, 0.4) is 0 Å². The maximum atomic E-state index is 5.50. The summed E-state index contributed by atoms with van der Waals surface area (Å²) >= 11 is 5.50. The maximum Gasteiger partial charge on any atom is 0.177 e. The second kappa shape index (κ2) is 3.83. The highest BCUT2D eigenvalue weighted by Gasteiger charge is 2.66. The third-order valence-electron chi connectivity index (χ3n) is 5.08. The molecule has 0 unspecified atom stereocenters. The Morgan fingerprint density at radius 1 is 1.05 bits per heavy atom. The second-order valence-corrected chi connectivity index (χ2v) is 6.95. The van der Waals surface area contributed by atoms with Crippen molar-refractivity contribution in [2.24, 2.45) is 10.8 Å². The molecular formula is C16H20N2S. The molecule has 1 aliphatic rings. The summed E-state index contributed by atoms with van der Waals surface area (Å²) in [5.41, 5.74) is 2.95. The summed E-state index contributed by atoms with van der Waals surface area (Å²) in [5.74, 6) is 0. The van der Waals surface area contributed by atoms with Crippen LogP contribution in [0.2, 0.25) is 0 Å². The minimum absolute atomic E-state index is 0.275. The summed E-state index contributed by atoms with van der Waals surface area (Å²) < 4.78 is 3.12. The molecule has 0 saturated heterocycles. The molecule has 0 radical (unpaired) electrons. The molecule has 1 aliphatic carbocycles. The molecule has 100 valence electrons. The summed E-state index contributed by atoms with van der Waals surface area (Å²) in [6, 6.07) is 10.9. The van der Waals surface area contributed by atoms with Gasteiger partial charge in [0.2, 0.25) is 0 Å². The minimum atomic E-state index is 0.275. The van der Waals surface area contributed by atoms with Crippen LogP contribution in [0.4, 0.5) is 0 Å². The summed E-state index contributed by atoms with van der Waals surface area (Å²) in [6.45, 7) is 9.28. The summed E-state index contributed by atoms with van der Waals surface area (Å²) in [7, 11) is 0. The van der Waals surface area contributed by atoms with Crippen molar-refractivity contribution in [2.45, 2.75) is 33.7 Å². The topological polar surface area (TPSA) is 20.7 Å². The van der Waals surface area contributed by atoms with Crippen molar-refractivity contribution in [3.63, 3.8) is 0 Å². The van der Waals surface area contributed by atoms with Crippen LogP contribution < -0.4 is 0 Å². The van der Waals surface area contributed by atoms with Gasteiger partial charge in [-0.05, 0) is 28.6 Å². The van der Waals surface area contributed by atoms with Crippen molar-refractivity contribution in [2.75, 3.05) is 0 Å². The van der Waals surface area contributed by atoms with Crippen LogP contribution in [0.25, 0.3) is 11.3 Å². The number of nitrogens with zero attached hydrogens (tertiary/aromatic N) is 1. The number of hydrogen-bond donors (Lipinski definition) is 1. The zero-order valence-electron chi connectivity index (χ0n) is 11.9. The Morgan fingerprint density at radius 2 is 1.63 bits per heavy atom. The molecule has 1 aromatic carbocycles. The monoisotopic (exact) mass is 272 g/mol. The van der Waals surface area contributed by atoms with Crippen molar-refractivity contribution in [3.05, 3.63) is 41.3 Å². The van der Waals surface area contributed by atoms with Gasteiger partial charge in [0.1, 0.15) is 0 Å². The molecule has 1 heterocycles. The smallest absolute Gasteiger partial charge is 0.177 e. The Hall–Kier alpha value is -1.35. The Kier molecular flexibility index (Phi) is 2.55. The van der Waals surface area contributed by atoms with Crippen molar-refractivity contribution in [1.29, 1.82) is 0 Å². The molecule has 2 aromatic rings. The van der Waals surface area contributed by atoms with Crippen molar-refractivity contribution in [3.8, 4) is 11.3 Å². The quantitative estimate of drug-likeness (QED) is 0.777. The number of nitrogens with one attached hydrogen (secondary N) is 1. The molecule has 1 saturated carbocycles. The zero-order valence-corrected chi connectivity index (χ0v) is 12.7. The molecule has 3 heteroatoms. The first-order valence-electron chi connectivity index (χ1n) is 6.72. The van der Waals surface area contributed by atoms with E-state index in [9.17, 15) is 0 Å². The Morgan fingerprint density at radius 3 is 2.16 bits per heavy atom. The standard InChI is InChI=1S/C16H20N2S/c1-15(2)13(16(15,3)4)18-12(10-17-14(18)19)11-8-6-5-7-9-11/h5-10,13H,1-4H3,(H,17,19). The van der Waals surface area contributed by atoms with Gasteiger partial charge >= 0.3 is 0 Å². The first-order chi connectivity index (χ1) is 8.87. The third-order valence-corrected chi connectivity index (χ3v) is 5.40. The molecule has 1 fully saturated rings. The SMILES string of the molecule is CC1(C)C(n2c(-c3ccccc3)c[nH]c2=S)C1(C)C. The lowest BCUT2D eigenvalue weighted by Crippen LogP contribution is -2.03. The van der Waals surface area contributed by atoms with Crippen LogP contribution in [0.5, 0.6) is 0 Å². The molecule has 2 nitrogen and oxygen atoms in total. The van der Waals surface area contributed by atoms with Gasteiger partial charge in [-0.2, -0.15) is 0 Å². The van der Waals surface area contributed by atoms with Crippen molar-refractivity contribution >= 4 is 12.2 Å².